The summed E-state index contributed by atoms with van der Waals surface area (Å²) in [5, 5.41) is 2.75. The maximum Gasteiger partial charge on any atom is 0.416 e. The average Bonchev–Trinajstić information content (AvgIpc) is 3.56. The van der Waals surface area contributed by atoms with Crippen LogP contribution in [0.25, 0.3) is 0 Å². The summed E-state index contributed by atoms with van der Waals surface area (Å²) in [7, 11) is -3.73. The molecule has 0 bridgehead atoms. The number of nitrogens with zero attached hydrogens (tertiary/aromatic N) is 1. The summed E-state index contributed by atoms with van der Waals surface area (Å²) in [6.07, 6.45) is -3.91. The van der Waals surface area contributed by atoms with E-state index in [1.54, 1.807) is 20.8 Å². The molecule has 2 atom stereocenters. The largest absolute Gasteiger partial charge is 0.492 e. The fourth-order valence-corrected chi connectivity index (χ4v) is 5.24. The molecule has 2 aromatic carbocycles. The lowest BCUT2D eigenvalue weighted by atomic mass is 10.1. The van der Waals surface area contributed by atoms with Crippen LogP contribution in [0.2, 0.25) is 0 Å². The SMILES string of the molecule is CCOc1ccc(S(=O)(=O)N(CC)CC)cc1NC(=O)C1CC1c1ccc(C(F)(F)F)cc1. The van der Waals surface area contributed by atoms with E-state index < -0.39 is 27.7 Å². The van der Waals surface area contributed by atoms with Gasteiger partial charge in [0.2, 0.25) is 15.9 Å². The Morgan fingerprint density at radius 2 is 1.73 bits per heavy atom. The highest BCUT2D eigenvalue weighted by molar-refractivity contribution is 7.89. The Balaban J connectivity index is 1.79. The Bertz CT molecular complexity index is 1100. The second kappa shape index (κ2) is 9.72. The third-order valence-corrected chi connectivity index (χ3v) is 7.69. The van der Waals surface area contributed by atoms with Crippen molar-refractivity contribution in [2.45, 2.75) is 44.2 Å². The molecule has 0 aliphatic heterocycles. The average molecular weight is 485 g/mol. The van der Waals surface area contributed by atoms with Gasteiger partial charge in [0.1, 0.15) is 5.75 Å². The monoisotopic (exact) mass is 484 g/mol. The minimum Gasteiger partial charge on any atom is -0.492 e. The summed E-state index contributed by atoms with van der Waals surface area (Å²) >= 11 is 0. The second-order valence-corrected chi connectivity index (χ2v) is 9.68. The van der Waals surface area contributed by atoms with Crippen LogP contribution in [0.3, 0.4) is 0 Å². The van der Waals surface area contributed by atoms with Gasteiger partial charge in [-0.3, -0.25) is 4.79 Å². The van der Waals surface area contributed by atoms with Crippen LogP contribution in [0.1, 0.15) is 44.2 Å². The molecule has 0 aromatic heterocycles. The van der Waals surface area contributed by atoms with Crippen molar-refractivity contribution in [1.29, 1.82) is 0 Å². The molecule has 1 fully saturated rings. The molecule has 180 valence electrons. The fraction of sp³-hybridized carbons (Fsp3) is 0.435. The number of ether oxygens (including phenoxy) is 1. The smallest absolute Gasteiger partial charge is 0.416 e. The third kappa shape index (κ3) is 5.50. The molecule has 1 aliphatic carbocycles. The van der Waals surface area contributed by atoms with Crippen molar-refractivity contribution >= 4 is 21.6 Å². The topological polar surface area (TPSA) is 75.7 Å². The number of anilines is 1. The van der Waals surface area contributed by atoms with Crippen molar-refractivity contribution in [2.75, 3.05) is 25.0 Å². The number of nitrogens with one attached hydrogen (secondary N) is 1. The van der Waals surface area contributed by atoms with Crippen molar-refractivity contribution in [3.8, 4) is 5.75 Å². The van der Waals surface area contributed by atoms with Crippen LogP contribution >= 0.6 is 0 Å². The zero-order valence-corrected chi connectivity index (χ0v) is 19.5. The van der Waals surface area contributed by atoms with Crippen molar-refractivity contribution in [3.05, 3.63) is 53.6 Å². The van der Waals surface area contributed by atoms with Gasteiger partial charge in [0.15, 0.2) is 0 Å². The molecule has 2 aromatic rings. The number of alkyl halides is 3. The minimum absolute atomic E-state index is 0.0417. The first-order valence-corrected chi connectivity index (χ1v) is 12.2. The maximum atomic E-state index is 12.9. The lowest BCUT2D eigenvalue weighted by Crippen LogP contribution is -2.30. The summed E-state index contributed by atoms with van der Waals surface area (Å²) < 4.78 is 70.9. The van der Waals surface area contributed by atoms with Gasteiger partial charge in [-0.25, -0.2) is 8.42 Å². The van der Waals surface area contributed by atoms with E-state index in [4.69, 9.17) is 4.74 Å². The van der Waals surface area contributed by atoms with Gasteiger partial charge in [0, 0.05) is 19.0 Å². The maximum absolute atomic E-state index is 12.9. The highest BCUT2D eigenvalue weighted by Crippen LogP contribution is 2.48. The van der Waals surface area contributed by atoms with Crippen LogP contribution < -0.4 is 10.1 Å². The van der Waals surface area contributed by atoms with Crippen molar-refractivity contribution in [3.63, 3.8) is 0 Å². The van der Waals surface area contributed by atoms with E-state index >= 15 is 0 Å². The number of hydrogen-bond donors (Lipinski definition) is 1. The highest BCUT2D eigenvalue weighted by Gasteiger charge is 2.44. The van der Waals surface area contributed by atoms with Gasteiger partial charge in [-0.2, -0.15) is 17.5 Å². The Hall–Kier alpha value is -2.59. The van der Waals surface area contributed by atoms with Crippen molar-refractivity contribution < 1.29 is 31.1 Å². The predicted octanol–water partition coefficient (Wildman–Crippen LogP) is 4.88. The molecule has 1 amide bonds. The molecule has 33 heavy (non-hydrogen) atoms. The van der Waals surface area contributed by atoms with Gasteiger partial charge in [-0.1, -0.05) is 26.0 Å². The van der Waals surface area contributed by atoms with Crippen LogP contribution in [-0.2, 0) is 21.0 Å². The molecule has 2 unspecified atom stereocenters. The number of halogens is 3. The first-order chi connectivity index (χ1) is 15.5. The quantitative estimate of drug-likeness (QED) is 0.551. The molecule has 0 heterocycles. The highest BCUT2D eigenvalue weighted by atomic mass is 32.2. The van der Waals surface area contributed by atoms with Gasteiger partial charge in [-0.05, 0) is 55.2 Å². The Labute approximate surface area is 191 Å². The number of amides is 1. The van der Waals surface area contributed by atoms with E-state index in [1.807, 2.05) is 0 Å². The summed E-state index contributed by atoms with van der Waals surface area (Å²) in [4.78, 5) is 12.9. The molecular formula is C23H27F3N2O4S. The summed E-state index contributed by atoms with van der Waals surface area (Å²) in [5.41, 5.74) is 0.166. The molecule has 1 aliphatic rings. The molecule has 0 spiro atoms. The first kappa shape index (κ1) is 25.0. The van der Waals surface area contributed by atoms with Crippen LogP contribution in [0.5, 0.6) is 5.75 Å². The minimum atomic E-state index is -4.41. The van der Waals surface area contributed by atoms with Gasteiger partial charge in [-0.15, -0.1) is 0 Å². The fourth-order valence-electron chi connectivity index (χ4n) is 3.76. The van der Waals surface area contributed by atoms with E-state index in [2.05, 4.69) is 5.32 Å². The van der Waals surface area contributed by atoms with E-state index in [-0.39, 0.29) is 22.4 Å². The molecule has 1 saturated carbocycles. The Morgan fingerprint density at radius 1 is 1.09 bits per heavy atom. The van der Waals surface area contributed by atoms with Crippen LogP contribution in [-0.4, -0.2) is 38.3 Å². The molecular weight excluding hydrogens is 457 g/mol. The van der Waals surface area contributed by atoms with Crippen LogP contribution in [0.4, 0.5) is 18.9 Å². The number of carbonyl (C=O) groups excluding carboxylic acids is 1. The van der Waals surface area contributed by atoms with Crippen molar-refractivity contribution in [2.24, 2.45) is 5.92 Å². The van der Waals surface area contributed by atoms with Gasteiger partial charge in [0.25, 0.3) is 0 Å². The third-order valence-electron chi connectivity index (χ3n) is 5.65. The van der Waals surface area contributed by atoms with Crippen molar-refractivity contribution in [1.82, 2.24) is 4.31 Å². The summed E-state index contributed by atoms with van der Waals surface area (Å²) in [6.45, 7) is 6.20. The van der Waals surface area contributed by atoms with Gasteiger partial charge in [0.05, 0.1) is 22.8 Å². The molecule has 3 rings (SSSR count). The zero-order valence-electron chi connectivity index (χ0n) is 18.6. The molecule has 10 heteroatoms. The Morgan fingerprint density at radius 3 is 2.27 bits per heavy atom. The van der Waals surface area contributed by atoms with E-state index in [0.717, 1.165) is 12.1 Å². The number of sulfonamides is 1. The predicted molar refractivity (Wildman–Crippen MR) is 119 cm³/mol. The number of carbonyl (C=O) groups is 1. The lowest BCUT2D eigenvalue weighted by Gasteiger charge is -2.20. The van der Waals surface area contributed by atoms with E-state index in [0.29, 0.717) is 37.4 Å². The first-order valence-electron chi connectivity index (χ1n) is 10.8. The van der Waals surface area contributed by atoms with Crippen LogP contribution in [0, 0.1) is 5.92 Å². The summed E-state index contributed by atoms with van der Waals surface area (Å²) in [6, 6.07) is 9.14. The van der Waals surface area contributed by atoms with Gasteiger partial charge >= 0.3 is 6.18 Å². The molecule has 1 N–H and O–H groups in total. The van der Waals surface area contributed by atoms with Crippen LogP contribution in [0.15, 0.2) is 47.4 Å². The second-order valence-electron chi connectivity index (χ2n) is 7.74. The number of rotatable bonds is 9. The standard InChI is InChI=1S/C23H27F3N2O4S/c1-4-28(5-2)33(30,31)17-11-12-21(32-6-3)20(13-17)27-22(29)19-14-18(19)15-7-9-16(10-8-15)23(24,25)26/h7-13,18-19H,4-6,14H2,1-3H3,(H,27,29). The normalized spacial score (nSPS) is 18.3. The Kier molecular flexibility index (Phi) is 7.38. The number of hydrogen-bond acceptors (Lipinski definition) is 4. The number of benzene rings is 2. The van der Waals surface area contributed by atoms with Gasteiger partial charge < -0.3 is 10.1 Å². The zero-order chi connectivity index (χ0) is 24.4. The molecule has 0 radical (unpaired) electrons. The molecule has 0 saturated heterocycles. The van der Waals surface area contributed by atoms with E-state index in [9.17, 15) is 26.4 Å². The summed E-state index contributed by atoms with van der Waals surface area (Å²) in [5.74, 6) is -0.598. The molecule has 6 nitrogen and oxygen atoms in total. The lowest BCUT2D eigenvalue weighted by molar-refractivity contribution is -0.137. The van der Waals surface area contributed by atoms with E-state index in [1.165, 1.54) is 34.6 Å².